The maximum atomic E-state index is 12.6. The van der Waals surface area contributed by atoms with Crippen LogP contribution in [-0.2, 0) is 11.3 Å². The Morgan fingerprint density at radius 1 is 1.19 bits per heavy atom. The molecule has 3 rings (SSSR count). The van der Waals surface area contributed by atoms with Crippen LogP contribution >= 0.6 is 39.0 Å². The number of hydrogen-bond donors (Lipinski definition) is 2. The van der Waals surface area contributed by atoms with Crippen molar-refractivity contribution in [3.8, 4) is 0 Å². The molecule has 2 heterocycles. The number of thiophene rings is 1. The van der Waals surface area contributed by atoms with E-state index in [0.717, 1.165) is 46.2 Å². The number of rotatable bonds is 6. The van der Waals surface area contributed by atoms with E-state index in [4.69, 9.17) is 0 Å². The van der Waals surface area contributed by atoms with Crippen molar-refractivity contribution in [2.24, 2.45) is 0 Å². The highest BCUT2D eigenvalue weighted by Gasteiger charge is 2.19. The van der Waals surface area contributed by atoms with Crippen LogP contribution in [0.4, 0.5) is 5.69 Å². The minimum absolute atomic E-state index is 0.222. The maximum absolute atomic E-state index is 12.6. The summed E-state index contributed by atoms with van der Waals surface area (Å²) in [6.45, 7) is 4.65. The number of carbonyl (C=O) groups excluding carboxylic acids is 2. The van der Waals surface area contributed by atoms with Crippen LogP contribution < -0.4 is 10.6 Å². The highest BCUT2D eigenvalue weighted by molar-refractivity contribution is 9.11. The summed E-state index contributed by atoms with van der Waals surface area (Å²) in [5.41, 5.74) is 1.90. The van der Waals surface area contributed by atoms with Crippen molar-refractivity contribution in [1.29, 1.82) is 0 Å². The monoisotopic (exact) mass is 467 g/mol. The lowest BCUT2D eigenvalue weighted by Crippen LogP contribution is -2.41. The van der Waals surface area contributed by atoms with Crippen LogP contribution in [0.25, 0.3) is 0 Å². The van der Waals surface area contributed by atoms with Gasteiger partial charge in [-0.25, -0.2) is 0 Å². The second kappa shape index (κ2) is 9.73. The van der Waals surface area contributed by atoms with E-state index in [0.29, 0.717) is 4.88 Å². The van der Waals surface area contributed by atoms with E-state index >= 15 is 0 Å². The molecule has 2 amide bonds. The summed E-state index contributed by atoms with van der Waals surface area (Å²) < 4.78 is 0.884. The normalized spacial score (nSPS) is 15.9. The number of nitrogens with zero attached hydrogens (tertiary/aromatic N) is 1. The number of thioether (sulfide) groups is 1. The highest BCUT2D eigenvalue weighted by Crippen LogP contribution is 2.22. The molecule has 2 N–H and O–H groups in total. The van der Waals surface area contributed by atoms with Crippen LogP contribution in [0.2, 0.25) is 0 Å². The van der Waals surface area contributed by atoms with Gasteiger partial charge < -0.3 is 10.6 Å². The minimum atomic E-state index is -0.627. The number of anilines is 1. The fourth-order valence-electron chi connectivity index (χ4n) is 2.79. The van der Waals surface area contributed by atoms with Gasteiger partial charge in [-0.1, -0.05) is 18.2 Å². The Hall–Kier alpha value is -1.35. The molecule has 1 aliphatic heterocycles. The zero-order valence-corrected chi connectivity index (χ0v) is 18.3. The molecular weight excluding hydrogens is 446 g/mol. The molecule has 1 saturated heterocycles. The number of halogens is 1. The molecule has 27 heavy (non-hydrogen) atoms. The molecule has 0 aliphatic carbocycles. The summed E-state index contributed by atoms with van der Waals surface area (Å²) in [6, 6.07) is 10.8. The van der Waals surface area contributed by atoms with Crippen LogP contribution in [0.5, 0.6) is 0 Å². The second-order valence-corrected chi connectivity index (χ2v) is 10.0. The van der Waals surface area contributed by atoms with Crippen molar-refractivity contribution in [3.05, 3.63) is 50.6 Å². The first kappa shape index (κ1) is 20.4. The zero-order valence-electron chi connectivity index (χ0n) is 15.0. The van der Waals surface area contributed by atoms with E-state index in [-0.39, 0.29) is 11.8 Å². The van der Waals surface area contributed by atoms with Gasteiger partial charge in [0.2, 0.25) is 5.91 Å². The van der Waals surface area contributed by atoms with E-state index in [1.807, 2.05) is 42.1 Å². The van der Waals surface area contributed by atoms with Crippen LogP contribution in [0.15, 0.2) is 40.2 Å². The molecule has 2 aromatic rings. The largest absolute Gasteiger partial charge is 0.340 e. The average Bonchev–Trinajstić information content (AvgIpc) is 3.10. The number of amides is 2. The first-order chi connectivity index (χ1) is 13.0. The first-order valence-corrected chi connectivity index (χ1v) is 11.5. The van der Waals surface area contributed by atoms with Gasteiger partial charge in [-0.2, -0.15) is 11.8 Å². The smallest absolute Gasteiger partial charge is 0.262 e. The Bertz CT molecular complexity index is 806. The topological polar surface area (TPSA) is 61.4 Å². The lowest BCUT2D eigenvalue weighted by atomic mass is 10.1. The number of nitrogens with one attached hydrogen (secondary N) is 2. The molecule has 0 bridgehead atoms. The molecule has 0 radical (unpaired) electrons. The Kier molecular flexibility index (Phi) is 7.34. The summed E-state index contributed by atoms with van der Waals surface area (Å²) in [6.07, 6.45) is 0. The molecule has 1 fully saturated rings. The van der Waals surface area contributed by atoms with Crippen molar-refractivity contribution >= 4 is 56.5 Å². The third-order valence-electron chi connectivity index (χ3n) is 4.31. The van der Waals surface area contributed by atoms with Crippen molar-refractivity contribution < 1.29 is 9.59 Å². The second-order valence-electron chi connectivity index (χ2n) is 6.33. The fourth-order valence-corrected chi connectivity index (χ4v) is 5.06. The van der Waals surface area contributed by atoms with Crippen LogP contribution in [0, 0.1) is 0 Å². The van der Waals surface area contributed by atoms with Gasteiger partial charge in [0.25, 0.3) is 5.91 Å². The van der Waals surface area contributed by atoms with Gasteiger partial charge in [0.1, 0.15) is 6.04 Å². The Labute approximate surface area is 176 Å². The third-order valence-corrected chi connectivity index (χ3v) is 6.88. The van der Waals surface area contributed by atoms with Gasteiger partial charge in [-0.15, -0.1) is 11.3 Å². The van der Waals surface area contributed by atoms with E-state index in [1.165, 1.54) is 11.3 Å². The lowest BCUT2D eigenvalue weighted by Gasteiger charge is -2.27. The van der Waals surface area contributed by atoms with Gasteiger partial charge in [0.05, 0.1) is 8.66 Å². The Morgan fingerprint density at radius 3 is 2.63 bits per heavy atom. The van der Waals surface area contributed by atoms with Crippen molar-refractivity contribution in [2.45, 2.75) is 19.5 Å². The van der Waals surface area contributed by atoms with Gasteiger partial charge in [-0.05, 0) is 46.6 Å². The van der Waals surface area contributed by atoms with Crippen LogP contribution in [-0.4, -0.2) is 47.4 Å². The quantitative estimate of drug-likeness (QED) is 0.677. The Morgan fingerprint density at radius 2 is 1.93 bits per heavy atom. The highest BCUT2D eigenvalue weighted by atomic mass is 79.9. The molecule has 8 heteroatoms. The van der Waals surface area contributed by atoms with Gasteiger partial charge in [0.15, 0.2) is 0 Å². The number of para-hydroxylation sites is 1. The van der Waals surface area contributed by atoms with E-state index in [2.05, 4.69) is 31.5 Å². The molecule has 0 spiro atoms. The van der Waals surface area contributed by atoms with Gasteiger partial charge in [0, 0.05) is 36.8 Å². The molecule has 1 aromatic carbocycles. The van der Waals surface area contributed by atoms with Gasteiger partial charge in [-0.3, -0.25) is 14.5 Å². The predicted molar refractivity (Wildman–Crippen MR) is 117 cm³/mol. The molecular formula is C19H22BrN3O2S2. The fraction of sp³-hybridized carbons (Fsp3) is 0.368. The summed E-state index contributed by atoms with van der Waals surface area (Å²) in [5.74, 6) is 1.83. The zero-order chi connectivity index (χ0) is 19.2. The first-order valence-electron chi connectivity index (χ1n) is 8.78. The van der Waals surface area contributed by atoms with Crippen molar-refractivity contribution in [1.82, 2.24) is 10.2 Å². The standard InChI is InChI=1S/C19H22BrN3O2S2/c1-13(21-19(25)16-6-7-17(20)27-16)18(24)22-15-5-3-2-4-14(15)12-23-8-10-26-11-9-23/h2-7,13H,8-12H2,1H3,(H,21,25)(H,22,24). The summed E-state index contributed by atoms with van der Waals surface area (Å²) in [4.78, 5) is 27.8. The molecule has 5 nitrogen and oxygen atoms in total. The summed E-state index contributed by atoms with van der Waals surface area (Å²) in [5, 5.41) is 5.73. The number of carbonyl (C=O) groups is 2. The predicted octanol–water partition coefficient (Wildman–Crippen LogP) is 3.82. The van der Waals surface area contributed by atoms with Crippen molar-refractivity contribution in [3.63, 3.8) is 0 Å². The minimum Gasteiger partial charge on any atom is -0.340 e. The van der Waals surface area contributed by atoms with E-state index < -0.39 is 6.04 Å². The van der Waals surface area contributed by atoms with Gasteiger partial charge >= 0.3 is 0 Å². The third kappa shape index (κ3) is 5.81. The number of hydrogen-bond acceptors (Lipinski definition) is 5. The lowest BCUT2D eigenvalue weighted by molar-refractivity contribution is -0.117. The Balaban J connectivity index is 1.60. The van der Waals surface area contributed by atoms with Crippen LogP contribution in [0.3, 0.4) is 0 Å². The molecule has 1 atom stereocenters. The average molecular weight is 468 g/mol. The van der Waals surface area contributed by atoms with E-state index in [9.17, 15) is 9.59 Å². The summed E-state index contributed by atoms with van der Waals surface area (Å²) in [7, 11) is 0. The summed E-state index contributed by atoms with van der Waals surface area (Å²) >= 11 is 6.66. The number of benzene rings is 1. The molecule has 144 valence electrons. The van der Waals surface area contributed by atoms with E-state index in [1.54, 1.807) is 13.0 Å². The molecule has 1 aromatic heterocycles. The molecule has 0 saturated carbocycles. The molecule has 1 unspecified atom stereocenters. The maximum Gasteiger partial charge on any atom is 0.262 e. The molecule has 1 aliphatic rings. The van der Waals surface area contributed by atoms with Crippen molar-refractivity contribution in [2.75, 3.05) is 29.9 Å². The van der Waals surface area contributed by atoms with Crippen LogP contribution in [0.1, 0.15) is 22.2 Å². The SMILES string of the molecule is CC(NC(=O)c1ccc(Br)s1)C(=O)Nc1ccccc1CN1CCSCC1.